The Morgan fingerprint density at radius 2 is 2.00 bits per heavy atom. The van der Waals surface area contributed by atoms with Crippen LogP contribution in [0.1, 0.15) is 48.1 Å². The van der Waals surface area contributed by atoms with Crippen LogP contribution in [0.15, 0.2) is 30.3 Å². The van der Waals surface area contributed by atoms with Gasteiger partial charge in [0, 0.05) is 7.05 Å². The molecule has 5 nitrogen and oxygen atoms in total. The van der Waals surface area contributed by atoms with Gasteiger partial charge in [-0.15, -0.1) is 0 Å². The van der Waals surface area contributed by atoms with Crippen LogP contribution in [0, 0.1) is 0 Å². The fourth-order valence-electron chi connectivity index (χ4n) is 2.46. The highest BCUT2D eigenvalue weighted by atomic mass is 16.2. The number of aryl methyl sites for hydroxylation is 2. The number of hydrogen-bond acceptors (Lipinski definition) is 3. The smallest absolute Gasteiger partial charge is 0.272 e. The SMILES string of the molecule is CCc1nn(C)c(C(=O)NC(CC)c2ccccc2)c1N. The van der Waals surface area contributed by atoms with E-state index in [0.717, 1.165) is 17.7 Å². The molecule has 0 radical (unpaired) electrons. The van der Waals surface area contributed by atoms with E-state index in [2.05, 4.69) is 10.4 Å². The summed E-state index contributed by atoms with van der Waals surface area (Å²) in [7, 11) is 1.74. The van der Waals surface area contributed by atoms with Gasteiger partial charge in [0.2, 0.25) is 0 Å². The molecule has 5 heteroatoms. The van der Waals surface area contributed by atoms with Crippen molar-refractivity contribution in [3.05, 3.63) is 47.3 Å². The maximum Gasteiger partial charge on any atom is 0.272 e. The highest BCUT2D eigenvalue weighted by Crippen LogP contribution is 2.20. The molecule has 1 amide bonds. The molecule has 112 valence electrons. The number of nitrogens with zero attached hydrogens (tertiary/aromatic N) is 2. The molecule has 2 aromatic rings. The van der Waals surface area contributed by atoms with Crippen LogP contribution in [-0.4, -0.2) is 15.7 Å². The van der Waals surface area contributed by atoms with Crippen LogP contribution < -0.4 is 11.1 Å². The number of aromatic nitrogens is 2. The summed E-state index contributed by atoms with van der Waals surface area (Å²) in [5.74, 6) is -0.182. The number of nitrogens with two attached hydrogens (primary N) is 1. The van der Waals surface area contributed by atoms with E-state index in [1.165, 1.54) is 0 Å². The summed E-state index contributed by atoms with van der Waals surface area (Å²) in [4.78, 5) is 12.5. The molecule has 0 spiro atoms. The van der Waals surface area contributed by atoms with Crippen LogP contribution in [0.5, 0.6) is 0 Å². The third-order valence-electron chi connectivity index (χ3n) is 3.63. The number of rotatable bonds is 5. The number of nitrogens with one attached hydrogen (secondary N) is 1. The molecule has 1 atom stereocenters. The van der Waals surface area contributed by atoms with Gasteiger partial charge in [0.25, 0.3) is 5.91 Å². The van der Waals surface area contributed by atoms with Crippen LogP contribution in [0.2, 0.25) is 0 Å². The normalized spacial score (nSPS) is 12.1. The first kappa shape index (κ1) is 15.1. The van der Waals surface area contributed by atoms with Gasteiger partial charge in [-0.1, -0.05) is 44.2 Å². The van der Waals surface area contributed by atoms with Gasteiger partial charge in [-0.3, -0.25) is 9.48 Å². The Bertz CT molecular complexity index is 619. The first-order valence-corrected chi connectivity index (χ1v) is 7.25. The molecular formula is C16H22N4O. The van der Waals surface area contributed by atoms with Gasteiger partial charge in [-0.05, 0) is 18.4 Å². The number of nitrogen functional groups attached to an aromatic ring is 1. The minimum atomic E-state index is -0.182. The molecule has 0 saturated heterocycles. The average Bonchev–Trinajstić information content (AvgIpc) is 2.79. The Morgan fingerprint density at radius 1 is 1.33 bits per heavy atom. The fourth-order valence-corrected chi connectivity index (χ4v) is 2.46. The molecule has 1 aromatic carbocycles. The molecule has 0 fully saturated rings. The van der Waals surface area contributed by atoms with E-state index in [4.69, 9.17) is 5.73 Å². The summed E-state index contributed by atoms with van der Waals surface area (Å²) < 4.78 is 1.56. The van der Waals surface area contributed by atoms with E-state index >= 15 is 0 Å². The molecule has 0 saturated carbocycles. The quantitative estimate of drug-likeness (QED) is 0.886. The number of carbonyl (C=O) groups excluding carboxylic acids is 1. The summed E-state index contributed by atoms with van der Waals surface area (Å²) in [5, 5.41) is 7.33. The van der Waals surface area contributed by atoms with E-state index in [9.17, 15) is 4.79 Å². The summed E-state index contributed by atoms with van der Waals surface area (Å²) in [6, 6.07) is 9.90. The minimum Gasteiger partial charge on any atom is -0.395 e. The zero-order valence-electron chi connectivity index (χ0n) is 12.8. The predicted molar refractivity (Wildman–Crippen MR) is 83.9 cm³/mol. The Morgan fingerprint density at radius 3 is 2.52 bits per heavy atom. The molecule has 1 unspecified atom stereocenters. The molecular weight excluding hydrogens is 264 g/mol. The van der Waals surface area contributed by atoms with E-state index in [0.29, 0.717) is 17.8 Å². The lowest BCUT2D eigenvalue weighted by molar-refractivity contribution is 0.0927. The van der Waals surface area contributed by atoms with Gasteiger partial charge in [-0.25, -0.2) is 0 Å². The van der Waals surface area contributed by atoms with Gasteiger partial charge < -0.3 is 11.1 Å². The van der Waals surface area contributed by atoms with Crippen LogP contribution in [0.25, 0.3) is 0 Å². The van der Waals surface area contributed by atoms with E-state index in [1.807, 2.05) is 44.2 Å². The van der Waals surface area contributed by atoms with Crippen LogP contribution in [0.4, 0.5) is 5.69 Å². The molecule has 1 aromatic heterocycles. The van der Waals surface area contributed by atoms with Crippen molar-refractivity contribution in [2.45, 2.75) is 32.7 Å². The Kier molecular flexibility index (Phi) is 4.62. The molecule has 0 bridgehead atoms. The second-order valence-corrected chi connectivity index (χ2v) is 5.03. The van der Waals surface area contributed by atoms with Crippen LogP contribution in [0.3, 0.4) is 0 Å². The first-order valence-electron chi connectivity index (χ1n) is 7.25. The summed E-state index contributed by atoms with van der Waals surface area (Å²) in [6.07, 6.45) is 1.52. The maximum atomic E-state index is 12.5. The van der Waals surface area contributed by atoms with Crippen molar-refractivity contribution in [1.82, 2.24) is 15.1 Å². The third-order valence-corrected chi connectivity index (χ3v) is 3.63. The van der Waals surface area contributed by atoms with Crippen LogP contribution >= 0.6 is 0 Å². The Labute approximate surface area is 125 Å². The number of hydrogen-bond donors (Lipinski definition) is 2. The number of carbonyl (C=O) groups is 1. The number of benzene rings is 1. The van der Waals surface area contributed by atoms with E-state index in [-0.39, 0.29) is 11.9 Å². The standard InChI is InChI=1S/C16H22N4O/c1-4-12(11-9-7-6-8-10-11)18-16(21)15-14(17)13(5-2)19-20(15)3/h6-10,12H,4-5,17H2,1-3H3,(H,18,21). The highest BCUT2D eigenvalue weighted by molar-refractivity contribution is 5.98. The van der Waals surface area contributed by atoms with Gasteiger partial charge >= 0.3 is 0 Å². The lowest BCUT2D eigenvalue weighted by Crippen LogP contribution is -2.30. The highest BCUT2D eigenvalue weighted by Gasteiger charge is 2.21. The summed E-state index contributed by atoms with van der Waals surface area (Å²) in [6.45, 7) is 4.02. The predicted octanol–water partition coefficient (Wildman–Crippen LogP) is 2.45. The monoisotopic (exact) mass is 286 g/mol. The summed E-state index contributed by atoms with van der Waals surface area (Å²) >= 11 is 0. The third kappa shape index (κ3) is 3.07. The average molecular weight is 286 g/mol. The zero-order chi connectivity index (χ0) is 15.4. The Hall–Kier alpha value is -2.30. The molecule has 0 aliphatic carbocycles. The first-order chi connectivity index (χ1) is 10.1. The largest absolute Gasteiger partial charge is 0.395 e. The van der Waals surface area contributed by atoms with Gasteiger partial charge in [-0.2, -0.15) is 5.10 Å². The van der Waals surface area contributed by atoms with E-state index in [1.54, 1.807) is 11.7 Å². The van der Waals surface area contributed by atoms with Gasteiger partial charge in [0.15, 0.2) is 0 Å². The summed E-state index contributed by atoms with van der Waals surface area (Å²) in [5.41, 5.74) is 8.78. The minimum absolute atomic E-state index is 0.0296. The van der Waals surface area contributed by atoms with Crippen molar-refractivity contribution < 1.29 is 4.79 Å². The van der Waals surface area contributed by atoms with Crippen molar-refractivity contribution in [1.29, 1.82) is 0 Å². The van der Waals surface area contributed by atoms with Crippen molar-refractivity contribution in [3.8, 4) is 0 Å². The van der Waals surface area contributed by atoms with Crippen LogP contribution in [-0.2, 0) is 13.5 Å². The van der Waals surface area contributed by atoms with Gasteiger partial charge in [0.05, 0.1) is 17.4 Å². The topological polar surface area (TPSA) is 72.9 Å². The second kappa shape index (κ2) is 6.43. The molecule has 1 heterocycles. The van der Waals surface area contributed by atoms with Crippen molar-refractivity contribution in [2.75, 3.05) is 5.73 Å². The second-order valence-electron chi connectivity index (χ2n) is 5.03. The number of amides is 1. The molecule has 21 heavy (non-hydrogen) atoms. The lowest BCUT2D eigenvalue weighted by atomic mass is 10.0. The zero-order valence-corrected chi connectivity index (χ0v) is 12.8. The van der Waals surface area contributed by atoms with Crippen molar-refractivity contribution in [2.24, 2.45) is 7.05 Å². The van der Waals surface area contributed by atoms with Gasteiger partial charge in [0.1, 0.15) is 5.69 Å². The van der Waals surface area contributed by atoms with E-state index < -0.39 is 0 Å². The number of anilines is 1. The Balaban J connectivity index is 2.23. The molecule has 3 N–H and O–H groups in total. The lowest BCUT2D eigenvalue weighted by Gasteiger charge is -2.17. The maximum absolute atomic E-state index is 12.5. The fraction of sp³-hybridized carbons (Fsp3) is 0.375. The molecule has 2 rings (SSSR count). The van der Waals surface area contributed by atoms with Crippen molar-refractivity contribution in [3.63, 3.8) is 0 Å². The molecule has 0 aliphatic heterocycles. The van der Waals surface area contributed by atoms with Crippen molar-refractivity contribution >= 4 is 11.6 Å². The molecule has 0 aliphatic rings.